The van der Waals surface area contributed by atoms with E-state index in [4.69, 9.17) is 5.73 Å². The summed E-state index contributed by atoms with van der Waals surface area (Å²) in [4.78, 5) is 4.39. The van der Waals surface area contributed by atoms with Gasteiger partial charge in [0.2, 0.25) is 0 Å². The lowest BCUT2D eigenvalue weighted by molar-refractivity contribution is 0.439. The number of aromatic nitrogens is 2. The van der Waals surface area contributed by atoms with E-state index in [1.807, 2.05) is 18.6 Å². The number of nitrogen functional groups attached to an aromatic ring is 1. The van der Waals surface area contributed by atoms with Crippen LogP contribution in [0.25, 0.3) is 0 Å². The first-order valence-corrected chi connectivity index (χ1v) is 7.37. The molecule has 1 heterocycles. The van der Waals surface area contributed by atoms with Crippen LogP contribution >= 0.6 is 0 Å². The van der Waals surface area contributed by atoms with Gasteiger partial charge in [0, 0.05) is 23.0 Å². The first-order valence-electron chi connectivity index (χ1n) is 7.37. The van der Waals surface area contributed by atoms with Crippen molar-refractivity contribution in [3.8, 4) is 0 Å². The Morgan fingerprint density at radius 3 is 2.85 bits per heavy atom. The molecule has 1 aromatic heterocycles. The molecule has 3 heteroatoms. The Morgan fingerprint density at radius 1 is 1.30 bits per heavy atom. The molecule has 3 nitrogen and oxygen atoms in total. The van der Waals surface area contributed by atoms with Crippen LogP contribution in [0.2, 0.25) is 0 Å². The van der Waals surface area contributed by atoms with Crippen molar-refractivity contribution in [2.75, 3.05) is 5.73 Å². The molecule has 0 saturated carbocycles. The Balaban J connectivity index is 2.08. The highest BCUT2D eigenvalue weighted by atomic mass is 15.1. The van der Waals surface area contributed by atoms with Crippen LogP contribution in [0.15, 0.2) is 30.7 Å². The van der Waals surface area contributed by atoms with Crippen molar-refractivity contribution in [1.82, 2.24) is 9.55 Å². The molecule has 3 rings (SSSR count). The highest BCUT2D eigenvalue weighted by Gasteiger charge is 2.27. The fourth-order valence-electron chi connectivity index (χ4n) is 3.23. The molecule has 0 bridgehead atoms. The molecule has 0 spiro atoms. The Kier molecular flexibility index (Phi) is 3.08. The predicted molar refractivity (Wildman–Crippen MR) is 82.9 cm³/mol. The molecule has 20 heavy (non-hydrogen) atoms. The van der Waals surface area contributed by atoms with Gasteiger partial charge in [0.05, 0.1) is 12.4 Å². The molecule has 0 aliphatic heterocycles. The molecular formula is C17H23N3. The summed E-state index contributed by atoms with van der Waals surface area (Å²) in [6.07, 6.45) is 7.51. The molecule has 0 radical (unpaired) electrons. The minimum absolute atomic E-state index is 0.113. The molecule has 0 amide bonds. The number of fused-ring (bicyclic) bond motifs is 1. The first-order chi connectivity index (χ1) is 9.47. The Labute approximate surface area is 120 Å². The van der Waals surface area contributed by atoms with E-state index in [1.165, 1.54) is 29.7 Å². The van der Waals surface area contributed by atoms with Gasteiger partial charge in [0.15, 0.2) is 0 Å². The van der Waals surface area contributed by atoms with Crippen molar-refractivity contribution in [3.05, 3.63) is 47.5 Å². The van der Waals surface area contributed by atoms with Gasteiger partial charge in [-0.3, -0.25) is 0 Å². The molecule has 1 aliphatic carbocycles. The van der Waals surface area contributed by atoms with Gasteiger partial charge in [-0.2, -0.15) is 0 Å². The normalized spacial score (nSPS) is 18.9. The van der Waals surface area contributed by atoms with E-state index in [0.29, 0.717) is 6.04 Å². The van der Waals surface area contributed by atoms with E-state index < -0.39 is 0 Å². The van der Waals surface area contributed by atoms with Crippen LogP contribution in [0.5, 0.6) is 0 Å². The summed E-state index contributed by atoms with van der Waals surface area (Å²) in [5, 5.41) is 0. The second-order valence-corrected chi connectivity index (χ2v) is 6.80. The second-order valence-electron chi connectivity index (χ2n) is 6.80. The predicted octanol–water partition coefficient (Wildman–Crippen LogP) is 3.69. The summed E-state index contributed by atoms with van der Waals surface area (Å²) in [6.45, 7) is 6.73. The average molecular weight is 269 g/mol. The van der Waals surface area contributed by atoms with Crippen LogP contribution in [-0.2, 0) is 11.8 Å². The highest BCUT2D eigenvalue weighted by Crippen LogP contribution is 2.36. The van der Waals surface area contributed by atoms with Gasteiger partial charge in [-0.15, -0.1) is 0 Å². The van der Waals surface area contributed by atoms with Crippen LogP contribution in [0.4, 0.5) is 5.69 Å². The van der Waals surface area contributed by atoms with Crippen molar-refractivity contribution in [3.63, 3.8) is 0 Å². The Hall–Kier alpha value is -1.77. The smallest absolute Gasteiger partial charge is 0.0954 e. The SMILES string of the molecule is CC(C)(C)c1cncn1C1CCCc2cc(N)ccc21. The summed E-state index contributed by atoms with van der Waals surface area (Å²) in [7, 11) is 0. The average Bonchev–Trinajstić information content (AvgIpc) is 2.86. The third-order valence-electron chi connectivity index (χ3n) is 4.22. The van der Waals surface area contributed by atoms with Gasteiger partial charge >= 0.3 is 0 Å². The summed E-state index contributed by atoms with van der Waals surface area (Å²) >= 11 is 0. The fourth-order valence-corrected chi connectivity index (χ4v) is 3.23. The number of nitrogens with zero attached hydrogens (tertiary/aromatic N) is 2. The zero-order valence-corrected chi connectivity index (χ0v) is 12.6. The number of nitrogens with two attached hydrogens (primary N) is 1. The maximum absolute atomic E-state index is 5.93. The first kappa shape index (κ1) is 13.2. The van der Waals surface area contributed by atoms with Gasteiger partial charge in [0.25, 0.3) is 0 Å². The quantitative estimate of drug-likeness (QED) is 0.802. The van der Waals surface area contributed by atoms with Crippen LogP contribution in [-0.4, -0.2) is 9.55 Å². The Bertz CT molecular complexity index is 619. The van der Waals surface area contributed by atoms with Crippen LogP contribution in [0.3, 0.4) is 0 Å². The number of benzene rings is 1. The number of imidazole rings is 1. The van der Waals surface area contributed by atoms with Crippen molar-refractivity contribution in [2.45, 2.75) is 51.5 Å². The zero-order chi connectivity index (χ0) is 14.3. The minimum Gasteiger partial charge on any atom is -0.399 e. The lowest BCUT2D eigenvalue weighted by atomic mass is 9.85. The number of hydrogen-bond acceptors (Lipinski definition) is 2. The molecule has 2 aromatic rings. The van der Waals surface area contributed by atoms with E-state index in [-0.39, 0.29) is 5.41 Å². The van der Waals surface area contributed by atoms with E-state index in [9.17, 15) is 0 Å². The molecule has 0 saturated heterocycles. The number of aryl methyl sites for hydroxylation is 1. The Morgan fingerprint density at radius 2 is 2.10 bits per heavy atom. The molecular weight excluding hydrogens is 246 g/mol. The van der Waals surface area contributed by atoms with Crippen LogP contribution in [0.1, 0.15) is 56.5 Å². The summed E-state index contributed by atoms with van der Waals surface area (Å²) in [5.41, 5.74) is 11.0. The summed E-state index contributed by atoms with van der Waals surface area (Å²) in [5.74, 6) is 0. The maximum Gasteiger partial charge on any atom is 0.0954 e. The fraction of sp³-hybridized carbons (Fsp3) is 0.471. The summed E-state index contributed by atoms with van der Waals surface area (Å²) < 4.78 is 2.36. The molecule has 1 aliphatic rings. The standard InChI is InChI=1S/C17H23N3/c1-17(2,3)16-10-19-11-20(16)15-6-4-5-12-9-13(18)7-8-14(12)15/h7-11,15H,4-6,18H2,1-3H3. The second kappa shape index (κ2) is 4.65. The maximum atomic E-state index is 5.93. The topological polar surface area (TPSA) is 43.8 Å². The van der Waals surface area contributed by atoms with Gasteiger partial charge in [-0.1, -0.05) is 26.8 Å². The van der Waals surface area contributed by atoms with Gasteiger partial charge in [-0.05, 0) is 42.5 Å². The summed E-state index contributed by atoms with van der Waals surface area (Å²) in [6, 6.07) is 6.75. The molecule has 0 fully saturated rings. The van der Waals surface area contributed by atoms with Gasteiger partial charge in [0.1, 0.15) is 0 Å². The number of rotatable bonds is 1. The molecule has 1 atom stereocenters. The van der Waals surface area contributed by atoms with E-state index in [0.717, 1.165) is 12.1 Å². The third-order valence-corrected chi connectivity index (χ3v) is 4.22. The van der Waals surface area contributed by atoms with Crippen molar-refractivity contribution < 1.29 is 0 Å². The van der Waals surface area contributed by atoms with Crippen molar-refractivity contribution in [1.29, 1.82) is 0 Å². The monoisotopic (exact) mass is 269 g/mol. The lowest BCUT2D eigenvalue weighted by Gasteiger charge is -2.31. The molecule has 1 aromatic carbocycles. The van der Waals surface area contributed by atoms with Crippen molar-refractivity contribution >= 4 is 5.69 Å². The van der Waals surface area contributed by atoms with Crippen molar-refractivity contribution in [2.24, 2.45) is 0 Å². The molecule has 1 unspecified atom stereocenters. The lowest BCUT2D eigenvalue weighted by Crippen LogP contribution is -2.24. The minimum atomic E-state index is 0.113. The number of anilines is 1. The van der Waals surface area contributed by atoms with Gasteiger partial charge < -0.3 is 10.3 Å². The highest BCUT2D eigenvalue weighted by molar-refractivity contribution is 5.47. The van der Waals surface area contributed by atoms with E-state index >= 15 is 0 Å². The third kappa shape index (κ3) is 2.21. The zero-order valence-electron chi connectivity index (χ0n) is 12.6. The van der Waals surface area contributed by atoms with E-state index in [1.54, 1.807) is 0 Å². The number of hydrogen-bond donors (Lipinski definition) is 1. The molecule has 2 N–H and O–H groups in total. The largest absolute Gasteiger partial charge is 0.399 e. The molecule has 106 valence electrons. The van der Waals surface area contributed by atoms with Crippen LogP contribution in [0, 0.1) is 0 Å². The van der Waals surface area contributed by atoms with Crippen LogP contribution < -0.4 is 5.73 Å². The van der Waals surface area contributed by atoms with Gasteiger partial charge in [-0.25, -0.2) is 4.98 Å². The van der Waals surface area contributed by atoms with E-state index in [2.05, 4.69) is 42.5 Å².